The van der Waals surface area contributed by atoms with Crippen molar-refractivity contribution in [3.63, 3.8) is 0 Å². The number of carbonyl (C=O) groups excluding carboxylic acids is 2. The number of piperazine rings is 1. The number of nitrogens with zero attached hydrogens (tertiary/aromatic N) is 3. The Morgan fingerprint density at radius 2 is 1.78 bits per heavy atom. The van der Waals surface area contributed by atoms with Crippen molar-refractivity contribution >= 4 is 11.8 Å². The normalized spacial score (nSPS) is 21.0. The quantitative estimate of drug-likeness (QED) is 0.750. The van der Waals surface area contributed by atoms with Gasteiger partial charge in [-0.3, -0.25) is 14.5 Å². The fourth-order valence-corrected chi connectivity index (χ4v) is 4.14. The third kappa shape index (κ3) is 5.32. The minimum atomic E-state index is -0.520. The van der Waals surface area contributed by atoms with E-state index < -0.39 is 11.8 Å². The first kappa shape index (κ1) is 19.9. The van der Waals surface area contributed by atoms with Gasteiger partial charge in [-0.05, 0) is 32.0 Å². The number of hydrogen-bond acceptors (Lipinski definition) is 4. The van der Waals surface area contributed by atoms with Crippen molar-refractivity contribution in [1.82, 2.24) is 25.0 Å². The van der Waals surface area contributed by atoms with Crippen molar-refractivity contribution in [2.24, 2.45) is 7.05 Å². The van der Waals surface area contributed by atoms with Crippen LogP contribution in [-0.4, -0.2) is 72.0 Å². The summed E-state index contributed by atoms with van der Waals surface area (Å²) < 4.78 is 2.09. The molecule has 1 aromatic rings. The highest BCUT2D eigenvalue weighted by molar-refractivity contribution is 6.35. The monoisotopic (exact) mass is 375 g/mol. The minimum Gasteiger partial charge on any atom is -0.353 e. The van der Waals surface area contributed by atoms with Gasteiger partial charge in [0.15, 0.2) is 0 Å². The zero-order valence-corrected chi connectivity index (χ0v) is 16.6. The van der Waals surface area contributed by atoms with Gasteiger partial charge in [-0.1, -0.05) is 19.3 Å². The van der Waals surface area contributed by atoms with Crippen LogP contribution in [0.2, 0.25) is 0 Å². The van der Waals surface area contributed by atoms with Crippen LogP contribution in [0.15, 0.2) is 18.3 Å². The summed E-state index contributed by atoms with van der Waals surface area (Å²) in [6, 6.07) is 4.34. The largest absolute Gasteiger partial charge is 0.353 e. The molecular weight excluding hydrogens is 342 g/mol. The Kier molecular flexibility index (Phi) is 6.90. The number of hydrogen-bond donors (Lipinski definition) is 2. The fourth-order valence-electron chi connectivity index (χ4n) is 4.14. The summed E-state index contributed by atoms with van der Waals surface area (Å²) in [4.78, 5) is 29.3. The van der Waals surface area contributed by atoms with Gasteiger partial charge < -0.3 is 20.1 Å². The predicted octanol–water partition coefficient (Wildman–Crippen LogP) is 0.879. The van der Waals surface area contributed by atoms with Crippen LogP contribution in [0.4, 0.5) is 0 Å². The molecular formula is C20H33N5O2. The Morgan fingerprint density at radius 1 is 1.07 bits per heavy atom. The molecule has 0 spiro atoms. The van der Waals surface area contributed by atoms with Crippen LogP contribution in [0.1, 0.15) is 43.8 Å². The van der Waals surface area contributed by atoms with E-state index in [9.17, 15) is 9.59 Å². The molecule has 1 aliphatic heterocycles. The van der Waals surface area contributed by atoms with Gasteiger partial charge in [0, 0.05) is 57.7 Å². The van der Waals surface area contributed by atoms with Gasteiger partial charge in [0.1, 0.15) is 0 Å². The standard InChI is InChI=1S/C20H33N5O2/c1-23-11-13-25(14-12-23)18(17-9-6-10-24(17)2)15-21-19(26)20(27)22-16-7-4-3-5-8-16/h6,9-10,16,18H,3-5,7-8,11-15H2,1-2H3,(H,21,26)(H,22,27)/t18-/m1/s1. The van der Waals surface area contributed by atoms with Gasteiger partial charge in [0.05, 0.1) is 6.04 Å². The lowest BCUT2D eigenvalue weighted by Gasteiger charge is -2.38. The lowest BCUT2D eigenvalue weighted by atomic mass is 9.95. The van der Waals surface area contributed by atoms with Crippen LogP contribution < -0.4 is 10.6 Å². The summed E-state index contributed by atoms with van der Waals surface area (Å²) in [7, 11) is 4.16. The van der Waals surface area contributed by atoms with E-state index >= 15 is 0 Å². The molecule has 2 N–H and O–H groups in total. The van der Waals surface area contributed by atoms with Gasteiger partial charge in [0.2, 0.25) is 0 Å². The molecule has 2 fully saturated rings. The molecule has 7 heteroatoms. The molecule has 7 nitrogen and oxygen atoms in total. The van der Waals surface area contributed by atoms with E-state index in [4.69, 9.17) is 0 Å². The van der Waals surface area contributed by atoms with Gasteiger partial charge >= 0.3 is 11.8 Å². The molecule has 2 aliphatic rings. The average Bonchev–Trinajstić information content (AvgIpc) is 3.09. The third-order valence-corrected chi connectivity index (χ3v) is 5.91. The van der Waals surface area contributed by atoms with Crippen molar-refractivity contribution in [2.45, 2.75) is 44.2 Å². The van der Waals surface area contributed by atoms with Crippen LogP contribution in [-0.2, 0) is 16.6 Å². The number of carbonyl (C=O) groups is 2. The van der Waals surface area contributed by atoms with E-state index in [-0.39, 0.29) is 12.1 Å². The van der Waals surface area contributed by atoms with Crippen LogP contribution in [0.3, 0.4) is 0 Å². The first-order valence-electron chi connectivity index (χ1n) is 10.2. The van der Waals surface area contributed by atoms with Crippen LogP contribution in [0, 0.1) is 0 Å². The van der Waals surface area contributed by atoms with Gasteiger partial charge in [-0.2, -0.15) is 0 Å². The van der Waals surface area contributed by atoms with E-state index in [0.717, 1.165) is 57.6 Å². The van der Waals surface area contributed by atoms with Crippen molar-refractivity contribution < 1.29 is 9.59 Å². The molecule has 0 radical (unpaired) electrons. The molecule has 1 saturated carbocycles. The summed E-state index contributed by atoms with van der Waals surface area (Å²) in [6.45, 7) is 4.37. The van der Waals surface area contributed by atoms with Gasteiger partial charge in [-0.15, -0.1) is 0 Å². The average molecular weight is 376 g/mol. The molecule has 0 aromatic carbocycles. The Morgan fingerprint density at radius 3 is 2.41 bits per heavy atom. The van der Waals surface area contributed by atoms with Crippen molar-refractivity contribution in [3.8, 4) is 0 Å². The van der Waals surface area contributed by atoms with E-state index in [1.165, 1.54) is 6.42 Å². The van der Waals surface area contributed by atoms with E-state index in [0.29, 0.717) is 6.54 Å². The Bertz CT molecular complexity index is 630. The zero-order valence-electron chi connectivity index (χ0n) is 16.6. The van der Waals surface area contributed by atoms with Crippen molar-refractivity contribution in [1.29, 1.82) is 0 Å². The second-order valence-electron chi connectivity index (χ2n) is 7.92. The van der Waals surface area contributed by atoms with Crippen molar-refractivity contribution in [2.75, 3.05) is 39.8 Å². The lowest BCUT2D eigenvalue weighted by molar-refractivity contribution is -0.139. The Labute approximate surface area is 162 Å². The number of amides is 2. The molecule has 3 rings (SSSR count). The lowest BCUT2D eigenvalue weighted by Crippen LogP contribution is -2.51. The smallest absolute Gasteiger partial charge is 0.309 e. The molecule has 1 aliphatic carbocycles. The van der Waals surface area contributed by atoms with Gasteiger partial charge in [-0.25, -0.2) is 0 Å². The first-order chi connectivity index (χ1) is 13.0. The summed E-state index contributed by atoms with van der Waals surface area (Å²) in [5.74, 6) is -1.01. The van der Waals surface area contributed by atoms with Crippen LogP contribution in [0.5, 0.6) is 0 Å². The molecule has 1 saturated heterocycles. The van der Waals surface area contributed by atoms with E-state index in [2.05, 4.69) is 38.1 Å². The van der Waals surface area contributed by atoms with E-state index in [1.54, 1.807) is 0 Å². The molecule has 0 bridgehead atoms. The van der Waals surface area contributed by atoms with Crippen LogP contribution in [0.25, 0.3) is 0 Å². The minimum absolute atomic E-state index is 0.0742. The summed E-state index contributed by atoms with van der Waals surface area (Å²) in [5, 5.41) is 5.77. The molecule has 1 aromatic heterocycles. The number of rotatable bonds is 5. The topological polar surface area (TPSA) is 69.6 Å². The number of aryl methyl sites for hydroxylation is 1. The summed E-state index contributed by atoms with van der Waals surface area (Å²) in [5.41, 5.74) is 1.16. The molecule has 1 atom stereocenters. The summed E-state index contributed by atoms with van der Waals surface area (Å²) in [6.07, 6.45) is 7.47. The maximum absolute atomic E-state index is 12.4. The molecule has 0 unspecified atom stereocenters. The Hall–Kier alpha value is -1.86. The second-order valence-corrected chi connectivity index (χ2v) is 7.92. The fraction of sp³-hybridized carbons (Fsp3) is 0.700. The second kappa shape index (κ2) is 9.37. The number of likely N-dealkylation sites (N-methyl/N-ethyl adjacent to an activating group) is 1. The first-order valence-corrected chi connectivity index (χ1v) is 10.2. The zero-order chi connectivity index (χ0) is 19.2. The highest BCUT2D eigenvalue weighted by Gasteiger charge is 2.27. The van der Waals surface area contributed by atoms with Crippen LogP contribution >= 0.6 is 0 Å². The Balaban J connectivity index is 1.57. The molecule has 150 valence electrons. The number of aromatic nitrogens is 1. The maximum atomic E-state index is 12.4. The predicted molar refractivity (Wildman–Crippen MR) is 105 cm³/mol. The number of nitrogens with one attached hydrogen (secondary N) is 2. The SMILES string of the molecule is CN1CCN([C@H](CNC(=O)C(=O)NC2CCCCC2)c2cccn2C)CC1. The molecule has 27 heavy (non-hydrogen) atoms. The highest BCUT2D eigenvalue weighted by atomic mass is 16.2. The molecule has 2 amide bonds. The summed E-state index contributed by atoms with van der Waals surface area (Å²) >= 11 is 0. The molecule has 2 heterocycles. The van der Waals surface area contributed by atoms with Gasteiger partial charge in [0.25, 0.3) is 0 Å². The van der Waals surface area contributed by atoms with E-state index in [1.807, 2.05) is 19.3 Å². The maximum Gasteiger partial charge on any atom is 0.309 e. The third-order valence-electron chi connectivity index (χ3n) is 5.91. The van der Waals surface area contributed by atoms with Crippen molar-refractivity contribution in [3.05, 3.63) is 24.0 Å². The highest BCUT2D eigenvalue weighted by Crippen LogP contribution is 2.22.